The van der Waals surface area contributed by atoms with Crippen molar-refractivity contribution in [3.63, 3.8) is 0 Å². The first-order valence-corrected chi connectivity index (χ1v) is 6.21. The molecule has 4 heteroatoms. The van der Waals surface area contributed by atoms with Crippen LogP contribution in [0.3, 0.4) is 0 Å². The van der Waals surface area contributed by atoms with Gasteiger partial charge in [0.05, 0.1) is 5.75 Å². The highest BCUT2D eigenvalue weighted by Crippen LogP contribution is 2.17. The van der Waals surface area contributed by atoms with Gasteiger partial charge in [0, 0.05) is 27.6 Å². The van der Waals surface area contributed by atoms with Gasteiger partial charge in [0.15, 0.2) is 0 Å². The molecule has 0 aromatic heterocycles. The number of hydrogen-bond donors (Lipinski definition) is 1. The molecule has 0 spiro atoms. The molecule has 2 atom stereocenters. The topological polar surface area (TPSA) is 43.1 Å². The molecular formula is C10H14ClNOS. The van der Waals surface area contributed by atoms with Crippen LogP contribution in [-0.2, 0) is 16.6 Å². The second-order valence-corrected chi connectivity index (χ2v) is 5.42. The molecule has 0 saturated carbocycles. The molecule has 0 saturated heterocycles. The largest absolute Gasteiger partial charge is 0.329 e. The van der Waals surface area contributed by atoms with E-state index in [0.717, 1.165) is 5.56 Å². The zero-order valence-corrected chi connectivity index (χ0v) is 9.65. The summed E-state index contributed by atoms with van der Waals surface area (Å²) in [4.78, 5) is 0. The summed E-state index contributed by atoms with van der Waals surface area (Å²) in [5.41, 5.74) is 6.36. The lowest BCUT2D eigenvalue weighted by molar-refractivity contribution is 0.672. The maximum atomic E-state index is 11.7. The van der Waals surface area contributed by atoms with Gasteiger partial charge in [0.25, 0.3) is 0 Å². The lowest BCUT2D eigenvalue weighted by atomic mass is 10.2. The average Bonchev–Trinajstić information content (AvgIpc) is 2.20. The van der Waals surface area contributed by atoms with Crippen LogP contribution in [-0.4, -0.2) is 16.0 Å². The van der Waals surface area contributed by atoms with E-state index in [1.54, 1.807) is 6.07 Å². The van der Waals surface area contributed by atoms with Crippen molar-refractivity contribution < 1.29 is 4.21 Å². The SMILES string of the molecule is CC(CN)S(=O)Cc1ccccc1Cl. The number of nitrogens with two attached hydrogens (primary N) is 1. The third-order valence-corrected chi connectivity index (χ3v) is 4.09. The van der Waals surface area contributed by atoms with Gasteiger partial charge >= 0.3 is 0 Å². The number of rotatable bonds is 4. The van der Waals surface area contributed by atoms with E-state index in [1.165, 1.54) is 0 Å². The van der Waals surface area contributed by atoms with Crippen molar-refractivity contribution in [2.75, 3.05) is 6.54 Å². The van der Waals surface area contributed by atoms with Crippen molar-refractivity contribution in [1.82, 2.24) is 0 Å². The standard InChI is InChI=1S/C10H14ClNOS/c1-8(6-12)14(13)7-9-4-2-3-5-10(9)11/h2-5,8H,6-7,12H2,1H3. The molecule has 2 nitrogen and oxygen atoms in total. The second-order valence-electron chi connectivity index (χ2n) is 3.16. The minimum absolute atomic E-state index is 0.0197. The van der Waals surface area contributed by atoms with Crippen LogP contribution < -0.4 is 5.73 Å². The molecule has 0 fully saturated rings. The number of halogens is 1. The Morgan fingerprint density at radius 1 is 1.50 bits per heavy atom. The summed E-state index contributed by atoms with van der Waals surface area (Å²) in [5.74, 6) is 0.484. The quantitative estimate of drug-likeness (QED) is 0.861. The van der Waals surface area contributed by atoms with Crippen LogP contribution >= 0.6 is 11.6 Å². The van der Waals surface area contributed by atoms with Crippen molar-refractivity contribution in [3.8, 4) is 0 Å². The van der Waals surface area contributed by atoms with E-state index in [9.17, 15) is 4.21 Å². The van der Waals surface area contributed by atoms with E-state index in [1.807, 2.05) is 25.1 Å². The Labute approximate surface area is 91.9 Å². The molecule has 1 aromatic rings. The maximum Gasteiger partial charge on any atom is 0.0503 e. The van der Waals surface area contributed by atoms with Gasteiger partial charge in [-0.15, -0.1) is 0 Å². The first kappa shape index (κ1) is 11.7. The minimum Gasteiger partial charge on any atom is -0.329 e. The fourth-order valence-corrected chi connectivity index (χ4v) is 2.36. The van der Waals surface area contributed by atoms with Crippen molar-refractivity contribution in [2.24, 2.45) is 5.73 Å². The Hall–Kier alpha value is -0.380. The summed E-state index contributed by atoms with van der Waals surface area (Å²) in [6, 6.07) is 7.46. The van der Waals surface area contributed by atoms with E-state index in [-0.39, 0.29) is 5.25 Å². The van der Waals surface area contributed by atoms with E-state index >= 15 is 0 Å². The molecule has 1 rings (SSSR count). The first-order chi connectivity index (χ1) is 6.65. The fourth-order valence-electron chi connectivity index (χ4n) is 1.02. The minimum atomic E-state index is -0.935. The molecule has 2 N–H and O–H groups in total. The molecule has 0 amide bonds. The summed E-state index contributed by atoms with van der Waals surface area (Å²) in [5, 5.41) is 0.691. The molecule has 0 heterocycles. The third kappa shape index (κ3) is 3.08. The molecule has 0 bridgehead atoms. The van der Waals surface area contributed by atoms with Crippen molar-refractivity contribution >= 4 is 22.4 Å². The highest BCUT2D eigenvalue weighted by molar-refractivity contribution is 7.84. The summed E-state index contributed by atoms with van der Waals surface area (Å²) >= 11 is 5.95. The van der Waals surface area contributed by atoms with Crippen LogP contribution in [0.4, 0.5) is 0 Å². The Morgan fingerprint density at radius 2 is 2.14 bits per heavy atom. The van der Waals surface area contributed by atoms with Gasteiger partial charge in [-0.2, -0.15) is 0 Å². The average molecular weight is 232 g/mol. The van der Waals surface area contributed by atoms with Crippen molar-refractivity contribution in [3.05, 3.63) is 34.9 Å². The molecular weight excluding hydrogens is 218 g/mol. The summed E-state index contributed by atoms with van der Waals surface area (Å²) < 4.78 is 11.7. The summed E-state index contributed by atoms with van der Waals surface area (Å²) in [6.45, 7) is 2.32. The zero-order chi connectivity index (χ0) is 10.6. The predicted octanol–water partition coefficient (Wildman–Crippen LogP) is 1.94. The van der Waals surface area contributed by atoms with E-state index in [4.69, 9.17) is 17.3 Å². The van der Waals surface area contributed by atoms with E-state index < -0.39 is 10.8 Å². The van der Waals surface area contributed by atoms with Crippen molar-refractivity contribution in [2.45, 2.75) is 17.9 Å². The van der Waals surface area contributed by atoms with Gasteiger partial charge in [0.2, 0.25) is 0 Å². The highest BCUT2D eigenvalue weighted by Gasteiger charge is 2.10. The smallest absolute Gasteiger partial charge is 0.0503 e. The van der Waals surface area contributed by atoms with Gasteiger partial charge < -0.3 is 5.73 Å². The fraction of sp³-hybridized carbons (Fsp3) is 0.400. The molecule has 2 unspecified atom stereocenters. The third-order valence-electron chi connectivity index (χ3n) is 2.04. The zero-order valence-electron chi connectivity index (χ0n) is 8.07. The van der Waals surface area contributed by atoms with Gasteiger partial charge in [0.1, 0.15) is 0 Å². The molecule has 1 aromatic carbocycles. The lowest BCUT2D eigenvalue weighted by Crippen LogP contribution is -2.22. The normalized spacial score (nSPS) is 15.1. The van der Waals surface area contributed by atoms with E-state index in [2.05, 4.69) is 0 Å². The van der Waals surface area contributed by atoms with Gasteiger partial charge in [-0.25, -0.2) is 0 Å². The molecule has 0 aliphatic carbocycles. The van der Waals surface area contributed by atoms with Crippen LogP contribution in [0.2, 0.25) is 5.02 Å². The molecule has 78 valence electrons. The number of benzene rings is 1. The van der Waals surface area contributed by atoms with Gasteiger partial charge in [-0.3, -0.25) is 4.21 Å². The van der Waals surface area contributed by atoms with Crippen LogP contribution in [0.15, 0.2) is 24.3 Å². The van der Waals surface area contributed by atoms with Gasteiger partial charge in [-0.1, -0.05) is 29.8 Å². The molecule has 14 heavy (non-hydrogen) atoms. The van der Waals surface area contributed by atoms with Gasteiger partial charge in [-0.05, 0) is 18.6 Å². The Morgan fingerprint density at radius 3 is 2.71 bits per heavy atom. The Balaban J connectivity index is 2.70. The number of hydrogen-bond acceptors (Lipinski definition) is 2. The lowest BCUT2D eigenvalue weighted by Gasteiger charge is -2.09. The van der Waals surface area contributed by atoms with E-state index in [0.29, 0.717) is 17.3 Å². The van der Waals surface area contributed by atoms with Crippen molar-refractivity contribution in [1.29, 1.82) is 0 Å². The predicted molar refractivity (Wildman–Crippen MR) is 61.8 cm³/mol. The molecule has 0 aliphatic heterocycles. The van der Waals surface area contributed by atoms with Crippen LogP contribution in [0.5, 0.6) is 0 Å². The molecule has 0 aliphatic rings. The second kappa shape index (κ2) is 5.49. The van der Waals surface area contributed by atoms with Crippen LogP contribution in [0.25, 0.3) is 0 Å². The van der Waals surface area contributed by atoms with Crippen LogP contribution in [0, 0.1) is 0 Å². The maximum absolute atomic E-state index is 11.7. The monoisotopic (exact) mass is 231 g/mol. The summed E-state index contributed by atoms with van der Waals surface area (Å²) in [6.07, 6.45) is 0. The Kier molecular flexibility index (Phi) is 4.58. The summed E-state index contributed by atoms with van der Waals surface area (Å²) in [7, 11) is -0.935. The van der Waals surface area contributed by atoms with Crippen LogP contribution in [0.1, 0.15) is 12.5 Å². The molecule has 0 radical (unpaired) electrons. The Bertz CT molecular complexity index is 330. The highest BCUT2D eigenvalue weighted by atomic mass is 35.5. The first-order valence-electron chi connectivity index (χ1n) is 4.45.